The third-order valence-electron chi connectivity index (χ3n) is 13.0. The summed E-state index contributed by atoms with van der Waals surface area (Å²) in [5.74, 6) is 2.45. The lowest BCUT2D eigenvalue weighted by Crippen LogP contribution is -2.54. The summed E-state index contributed by atoms with van der Waals surface area (Å²) in [6, 6.07) is 11.5. The monoisotopic (exact) mass is 680 g/mol. The number of phenols is 1. The number of aliphatic hydroxyl groups is 1. The van der Waals surface area contributed by atoms with Crippen molar-refractivity contribution in [3.05, 3.63) is 47.5 Å². The highest BCUT2D eigenvalue weighted by molar-refractivity contribution is 5.87. The number of hydrogen-bond acceptors (Lipinski definition) is 5. The summed E-state index contributed by atoms with van der Waals surface area (Å²) in [6.45, 7) is 7.63. The van der Waals surface area contributed by atoms with E-state index in [1.165, 1.54) is 25.7 Å². The first-order chi connectivity index (χ1) is 23.6. The highest BCUT2D eigenvalue weighted by Gasteiger charge is 2.59. The topological polar surface area (TPSA) is 76.0 Å². The van der Waals surface area contributed by atoms with Crippen LogP contribution < -0.4 is 14.0 Å². The Labute approximate surface area is 295 Å². The molecule has 0 radical (unpaired) electrons. The molecule has 0 spiro atoms. The van der Waals surface area contributed by atoms with E-state index in [4.69, 9.17) is 9.47 Å². The number of methoxy groups -OCH3 is 2. The first kappa shape index (κ1) is 37.6. The van der Waals surface area contributed by atoms with Crippen LogP contribution in [0.5, 0.6) is 17.2 Å². The van der Waals surface area contributed by atoms with Crippen LogP contribution in [0.1, 0.15) is 128 Å². The third kappa shape index (κ3) is 7.83. The molecular formula is C42H63FNO5+. The van der Waals surface area contributed by atoms with Crippen LogP contribution >= 0.6 is 0 Å². The second kappa shape index (κ2) is 16.6. The molecule has 2 saturated carbocycles. The quantitative estimate of drug-likeness (QED) is 0.129. The molecule has 0 aliphatic heterocycles. The number of fused-ring (bicyclic) bond motifs is 5. The molecule has 2 N–H and O–H groups in total. The van der Waals surface area contributed by atoms with Gasteiger partial charge in [-0.05, 0) is 110 Å². The third-order valence-corrected chi connectivity index (χ3v) is 13.0. The number of quaternary nitrogens is 1. The molecule has 3 aliphatic rings. The number of amides is 1. The number of hydrogen-bond donors (Lipinski definition) is 2. The van der Waals surface area contributed by atoms with Gasteiger partial charge in [-0.2, -0.15) is 0 Å². The van der Waals surface area contributed by atoms with E-state index < -0.39 is 12.3 Å². The van der Waals surface area contributed by atoms with Gasteiger partial charge >= 0.3 is 5.91 Å². The predicted molar refractivity (Wildman–Crippen MR) is 196 cm³/mol. The van der Waals surface area contributed by atoms with Gasteiger partial charge in [-0.3, -0.25) is 0 Å². The van der Waals surface area contributed by atoms with E-state index in [1.807, 2.05) is 30.3 Å². The summed E-state index contributed by atoms with van der Waals surface area (Å²) in [6.07, 6.45) is 13.8. The lowest BCUT2D eigenvalue weighted by Gasteiger charge is -2.54. The molecule has 0 heterocycles. The highest BCUT2D eigenvalue weighted by atomic mass is 19.1. The van der Waals surface area contributed by atoms with Gasteiger partial charge in [-0.1, -0.05) is 58.4 Å². The molecule has 2 aromatic rings. The maximum Gasteiger partial charge on any atom is 0.315 e. The van der Waals surface area contributed by atoms with Crippen molar-refractivity contribution in [3.63, 3.8) is 0 Å². The lowest BCUT2D eigenvalue weighted by molar-refractivity contribution is -0.128. The Morgan fingerprint density at radius 2 is 1.59 bits per heavy atom. The van der Waals surface area contributed by atoms with Gasteiger partial charge in [0.1, 0.15) is 17.6 Å². The summed E-state index contributed by atoms with van der Waals surface area (Å²) >= 11 is 0. The van der Waals surface area contributed by atoms with Gasteiger partial charge in [0.2, 0.25) is 0 Å². The van der Waals surface area contributed by atoms with Crippen molar-refractivity contribution in [1.82, 2.24) is 4.48 Å². The van der Waals surface area contributed by atoms with Crippen LogP contribution in [0.25, 0.3) is 0 Å². The minimum atomic E-state index is -0.981. The summed E-state index contributed by atoms with van der Waals surface area (Å²) in [5.41, 5.74) is 2.79. The molecule has 0 saturated heterocycles. The molecule has 3 aliphatic carbocycles. The van der Waals surface area contributed by atoms with Crippen molar-refractivity contribution in [2.45, 2.75) is 135 Å². The lowest BCUT2D eigenvalue weighted by atomic mass is 9.51. The van der Waals surface area contributed by atoms with Gasteiger partial charge in [-0.25, -0.2) is 13.7 Å². The number of nitrogens with zero attached hydrogens (tertiary/aromatic N) is 1. The molecular weight excluding hydrogens is 617 g/mol. The number of carbonyl (C=O) groups is 1. The van der Waals surface area contributed by atoms with Crippen molar-refractivity contribution < 1.29 is 28.9 Å². The number of carbonyl (C=O) groups excluding carboxylic acids is 1. The fraction of sp³-hybridized carbons (Fsp3) is 0.690. The summed E-state index contributed by atoms with van der Waals surface area (Å²) in [4.78, 5) is 13.6. The zero-order chi connectivity index (χ0) is 35.2. The first-order valence-corrected chi connectivity index (χ1v) is 19.3. The van der Waals surface area contributed by atoms with Crippen molar-refractivity contribution in [1.29, 1.82) is 0 Å². The second-order valence-corrected chi connectivity index (χ2v) is 15.8. The van der Waals surface area contributed by atoms with Crippen LogP contribution in [0.2, 0.25) is 0 Å². The first-order valence-electron chi connectivity index (χ1n) is 19.3. The Balaban J connectivity index is 1.26. The number of alkyl halides is 1. The molecule has 4 unspecified atom stereocenters. The average molecular weight is 681 g/mol. The van der Waals surface area contributed by atoms with E-state index in [0.717, 1.165) is 94.1 Å². The summed E-state index contributed by atoms with van der Waals surface area (Å²) in [7, 11) is 3.28. The van der Waals surface area contributed by atoms with Crippen LogP contribution in [-0.4, -0.2) is 55.7 Å². The number of phenolic OH excluding ortho intramolecular Hbond substituents is 1. The van der Waals surface area contributed by atoms with Crippen molar-refractivity contribution >= 4 is 11.6 Å². The largest absolute Gasteiger partial charge is 0.508 e. The standard InChI is InChI=1S/C42H62FNO5/c1-6-7-8-9-11-14-23-44(29(2)45,32-17-21-37(48-4)38(27-32)49-5)24-15-12-10-13-16-30-25-31-26-33(46)18-19-34(31)41-36(43)28-42(3)35(40(30)41)20-22-39(42)47/h17-19,21,26-27,30,35-36,39-41,47H,6-16,20,22-25,28H2,1-5H3/p+1/t30-,35?,36+,39+,40?,41?,42+,44?/m1/s1. The minimum Gasteiger partial charge on any atom is -0.508 e. The van der Waals surface area contributed by atoms with Crippen molar-refractivity contribution in [2.75, 3.05) is 27.3 Å². The van der Waals surface area contributed by atoms with Gasteiger partial charge in [-0.15, -0.1) is 0 Å². The van der Waals surface area contributed by atoms with Gasteiger partial charge < -0.3 is 19.7 Å². The zero-order valence-corrected chi connectivity index (χ0v) is 30.9. The Hall–Kier alpha value is -2.64. The number of halogens is 1. The molecule has 6 nitrogen and oxygen atoms in total. The Kier molecular flexibility index (Phi) is 12.7. The second-order valence-electron chi connectivity index (χ2n) is 15.8. The van der Waals surface area contributed by atoms with E-state index >= 15 is 4.39 Å². The maximum atomic E-state index is 16.2. The van der Waals surface area contributed by atoms with Gasteiger partial charge in [0, 0.05) is 18.1 Å². The van der Waals surface area contributed by atoms with Crippen LogP contribution in [0.15, 0.2) is 36.4 Å². The van der Waals surface area contributed by atoms with E-state index in [0.29, 0.717) is 34.2 Å². The maximum absolute atomic E-state index is 16.2. The normalized spacial score (nSPS) is 28.6. The van der Waals surface area contributed by atoms with Gasteiger partial charge in [0.25, 0.3) is 0 Å². The molecule has 49 heavy (non-hydrogen) atoms. The molecule has 2 fully saturated rings. The Morgan fingerprint density at radius 1 is 0.918 bits per heavy atom. The summed E-state index contributed by atoms with van der Waals surface area (Å²) in [5, 5.41) is 21.3. The Morgan fingerprint density at radius 3 is 2.27 bits per heavy atom. The SMILES string of the molecule is CCCCCCCC[N+](CCCCCC[C@@H]1Cc2cc(O)ccc2C2C1C1CC[C@H](O)[C@@]1(C)C[C@@H]2F)(C(C)=O)c1ccc(OC)c(OC)c1. The van der Waals surface area contributed by atoms with Crippen LogP contribution in [0, 0.1) is 23.2 Å². The molecule has 272 valence electrons. The molecule has 2 aromatic carbocycles. The number of benzene rings is 2. The van der Waals surface area contributed by atoms with E-state index in [2.05, 4.69) is 13.8 Å². The van der Waals surface area contributed by atoms with E-state index in [1.54, 1.807) is 27.2 Å². The fourth-order valence-electron chi connectivity index (χ4n) is 10.3. The van der Waals surface area contributed by atoms with Crippen molar-refractivity contribution in [2.24, 2.45) is 23.2 Å². The molecule has 0 aromatic heterocycles. The summed E-state index contributed by atoms with van der Waals surface area (Å²) < 4.78 is 27.7. The van der Waals surface area contributed by atoms with Crippen LogP contribution in [0.4, 0.5) is 10.1 Å². The number of aliphatic hydroxyl groups excluding tert-OH is 1. The molecule has 8 atom stereocenters. The molecule has 1 amide bonds. The average Bonchev–Trinajstić information content (AvgIpc) is 3.38. The number of unbranched alkanes of at least 4 members (excludes halogenated alkanes) is 8. The number of rotatable bonds is 17. The number of aromatic hydroxyl groups is 1. The molecule has 5 rings (SSSR count). The highest BCUT2D eigenvalue weighted by Crippen LogP contribution is 2.63. The smallest absolute Gasteiger partial charge is 0.315 e. The van der Waals surface area contributed by atoms with Crippen LogP contribution in [-0.2, 0) is 11.2 Å². The Bertz CT molecular complexity index is 1400. The molecule has 7 heteroatoms. The van der Waals surface area contributed by atoms with Crippen LogP contribution in [0.3, 0.4) is 0 Å². The van der Waals surface area contributed by atoms with E-state index in [9.17, 15) is 15.0 Å². The van der Waals surface area contributed by atoms with Crippen molar-refractivity contribution in [3.8, 4) is 17.2 Å². The fourth-order valence-corrected chi connectivity index (χ4v) is 10.3. The predicted octanol–water partition coefficient (Wildman–Crippen LogP) is 9.67. The zero-order valence-electron chi connectivity index (χ0n) is 30.9. The minimum absolute atomic E-state index is 0.158. The van der Waals surface area contributed by atoms with Gasteiger partial charge in [0.15, 0.2) is 11.5 Å². The number of ether oxygens (including phenoxy) is 2. The molecule has 0 bridgehead atoms. The van der Waals surface area contributed by atoms with Gasteiger partial charge in [0.05, 0.1) is 40.3 Å². The van der Waals surface area contributed by atoms with E-state index in [-0.39, 0.29) is 28.9 Å².